The molecule has 0 radical (unpaired) electrons. The summed E-state index contributed by atoms with van der Waals surface area (Å²) in [7, 11) is 0. The van der Waals surface area contributed by atoms with E-state index in [4.69, 9.17) is 11.6 Å². The SMILES string of the molecule is CCN1CCC(Nc2c(F)cc(F)cc2Cl)CC1. The summed E-state index contributed by atoms with van der Waals surface area (Å²) < 4.78 is 26.5. The summed E-state index contributed by atoms with van der Waals surface area (Å²) in [5, 5.41) is 3.19. The summed E-state index contributed by atoms with van der Waals surface area (Å²) in [6.07, 6.45) is 1.89. The maximum atomic E-state index is 13.6. The minimum atomic E-state index is -0.649. The van der Waals surface area contributed by atoms with Crippen molar-refractivity contribution in [2.24, 2.45) is 0 Å². The molecule has 1 aromatic carbocycles. The van der Waals surface area contributed by atoms with Gasteiger partial charge in [0, 0.05) is 25.2 Å². The number of likely N-dealkylation sites (tertiary alicyclic amines) is 1. The molecule has 0 spiro atoms. The van der Waals surface area contributed by atoms with Crippen molar-refractivity contribution in [2.45, 2.75) is 25.8 Å². The Kier molecular flexibility index (Phi) is 4.40. The van der Waals surface area contributed by atoms with Crippen LogP contribution in [0.4, 0.5) is 14.5 Å². The van der Waals surface area contributed by atoms with Gasteiger partial charge in [-0.3, -0.25) is 0 Å². The van der Waals surface area contributed by atoms with Crippen LogP contribution in [0.2, 0.25) is 5.02 Å². The second-order valence-corrected chi connectivity index (χ2v) is 5.00. The number of hydrogen-bond acceptors (Lipinski definition) is 2. The first-order valence-electron chi connectivity index (χ1n) is 6.23. The number of nitrogens with one attached hydrogen (secondary N) is 1. The van der Waals surface area contributed by atoms with Crippen LogP contribution >= 0.6 is 11.6 Å². The van der Waals surface area contributed by atoms with Gasteiger partial charge in [-0.2, -0.15) is 0 Å². The maximum absolute atomic E-state index is 13.6. The molecule has 0 saturated carbocycles. The lowest BCUT2D eigenvalue weighted by molar-refractivity contribution is 0.229. The second-order valence-electron chi connectivity index (χ2n) is 4.60. The highest BCUT2D eigenvalue weighted by molar-refractivity contribution is 6.33. The van der Waals surface area contributed by atoms with E-state index in [0.29, 0.717) is 0 Å². The molecule has 5 heteroatoms. The van der Waals surface area contributed by atoms with Gasteiger partial charge in [0.1, 0.15) is 5.82 Å². The third-order valence-electron chi connectivity index (χ3n) is 3.39. The van der Waals surface area contributed by atoms with Gasteiger partial charge >= 0.3 is 0 Å². The fourth-order valence-electron chi connectivity index (χ4n) is 2.28. The summed E-state index contributed by atoms with van der Waals surface area (Å²) in [5.74, 6) is -1.28. The molecule has 0 aliphatic carbocycles. The van der Waals surface area contributed by atoms with Crippen molar-refractivity contribution in [3.05, 3.63) is 28.8 Å². The van der Waals surface area contributed by atoms with Crippen LogP contribution in [0, 0.1) is 11.6 Å². The largest absolute Gasteiger partial charge is 0.379 e. The molecule has 2 rings (SSSR count). The Morgan fingerprint density at radius 2 is 2.00 bits per heavy atom. The zero-order valence-corrected chi connectivity index (χ0v) is 11.1. The molecule has 0 bridgehead atoms. The predicted molar refractivity (Wildman–Crippen MR) is 70.1 cm³/mol. The molecule has 1 fully saturated rings. The third-order valence-corrected chi connectivity index (χ3v) is 3.69. The Bertz CT molecular complexity index is 394. The smallest absolute Gasteiger partial charge is 0.150 e. The Balaban J connectivity index is 2.02. The van der Waals surface area contributed by atoms with Gasteiger partial charge in [0.25, 0.3) is 0 Å². The molecule has 1 saturated heterocycles. The van der Waals surface area contributed by atoms with Crippen LogP contribution in [0.5, 0.6) is 0 Å². The molecule has 1 heterocycles. The van der Waals surface area contributed by atoms with Gasteiger partial charge in [-0.05, 0) is 25.5 Å². The monoisotopic (exact) mass is 274 g/mol. The molecular formula is C13H17ClF2N2. The Hall–Kier alpha value is -0.870. The van der Waals surface area contributed by atoms with Gasteiger partial charge in [0.15, 0.2) is 5.82 Å². The summed E-state index contributed by atoms with van der Waals surface area (Å²) in [5.41, 5.74) is 0.216. The number of hydrogen-bond donors (Lipinski definition) is 1. The van der Waals surface area contributed by atoms with Gasteiger partial charge < -0.3 is 10.2 Å². The summed E-state index contributed by atoms with van der Waals surface area (Å²) >= 11 is 5.86. The quantitative estimate of drug-likeness (QED) is 0.907. The van der Waals surface area contributed by atoms with Crippen LogP contribution in [0.25, 0.3) is 0 Å². The molecule has 0 unspecified atom stereocenters. The van der Waals surface area contributed by atoms with E-state index in [9.17, 15) is 8.78 Å². The van der Waals surface area contributed by atoms with E-state index in [1.807, 2.05) is 0 Å². The van der Waals surface area contributed by atoms with Crippen molar-refractivity contribution >= 4 is 17.3 Å². The van der Waals surface area contributed by atoms with Gasteiger partial charge in [0.2, 0.25) is 0 Å². The molecular weight excluding hydrogens is 258 g/mol. The third kappa shape index (κ3) is 3.12. The lowest BCUT2D eigenvalue weighted by Gasteiger charge is -2.32. The van der Waals surface area contributed by atoms with Crippen molar-refractivity contribution < 1.29 is 8.78 Å². The van der Waals surface area contributed by atoms with E-state index in [0.717, 1.165) is 44.6 Å². The van der Waals surface area contributed by atoms with Crippen LogP contribution in [-0.2, 0) is 0 Å². The Morgan fingerprint density at radius 3 is 2.56 bits per heavy atom. The average Bonchev–Trinajstić information content (AvgIpc) is 2.34. The topological polar surface area (TPSA) is 15.3 Å². The number of halogens is 3. The van der Waals surface area contributed by atoms with Crippen LogP contribution in [0.1, 0.15) is 19.8 Å². The second kappa shape index (κ2) is 5.85. The van der Waals surface area contributed by atoms with Crippen molar-refractivity contribution in [3.8, 4) is 0 Å². The van der Waals surface area contributed by atoms with E-state index in [1.165, 1.54) is 0 Å². The molecule has 0 atom stereocenters. The summed E-state index contributed by atoms with van der Waals surface area (Å²) in [4.78, 5) is 2.35. The highest BCUT2D eigenvalue weighted by Crippen LogP contribution is 2.28. The first-order valence-corrected chi connectivity index (χ1v) is 6.61. The normalized spacial score (nSPS) is 18.0. The maximum Gasteiger partial charge on any atom is 0.150 e. The molecule has 100 valence electrons. The minimum Gasteiger partial charge on any atom is -0.379 e. The number of rotatable bonds is 3. The standard InChI is InChI=1S/C13H17ClF2N2/c1-2-18-5-3-10(4-6-18)17-13-11(14)7-9(15)8-12(13)16/h7-8,10,17H,2-6H2,1H3. The molecule has 0 aromatic heterocycles. The lowest BCUT2D eigenvalue weighted by atomic mass is 10.0. The van der Waals surface area contributed by atoms with E-state index in [2.05, 4.69) is 17.1 Å². The number of benzene rings is 1. The van der Waals surface area contributed by atoms with Crippen molar-refractivity contribution in [1.82, 2.24) is 4.90 Å². The van der Waals surface area contributed by atoms with Crippen molar-refractivity contribution in [3.63, 3.8) is 0 Å². The molecule has 1 aromatic rings. The van der Waals surface area contributed by atoms with Gasteiger partial charge in [-0.1, -0.05) is 18.5 Å². The first kappa shape index (κ1) is 13.6. The van der Waals surface area contributed by atoms with E-state index in [1.54, 1.807) is 0 Å². The zero-order chi connectivity index (χ0) is 13.1. The molecule has 1 aliphatic rings. The van der Waals surface area contributed by atoms with E-state index in [-0.39, 0.29) is 16.8 Å². The molecule has 2 nitrogen and oxygen atoms in total. The predicted octanol–water partition coefficient (Wildman–Crippen LogP) is 3.51. The number of nitrogens with zero attached hydrogens (tertiary/aromatic N) is 1. The highest BCUT2D eigenvalue weighted by Gasteiger charge is 2.20. The van der Waals surface area contributed by atoms with Crippen LogP contribution in [-0.4, -0.2) is 30.6 Å². The van der Waals surface area contributed by atoms with Gasteiger partial charge in [0.05, 0.1) is 10.7 Å². The fraction of sp³-hybridized carbons (Fsp3) is 0.538. The zero-order valence-electron chi connectivity index (χ0n) is 10.3. The van der Waals surface area contributed by atoms with E-state index >= 15 is 0 Å². The lowest BCUT2D eigenvalue weighted by Crippen LogP contribution is -2.39. The Labute approximate surface area is 111 Å². The summed E-state index contributed by atoms with van der Waals surface area (Å²) in [6, 6.07) is 2.19. The molecule has 18 heavy (non-hydrogen) atoms. The average molecular weight is 275 g/mol. The van der Waals surface area contributed by atoms with Crippen LogP contribution in [0.15, 0.2) is 12.1 Å². The van der Waals surface area contributed by atoms with Crippen LogP contribution in [0.3, 0.4) is 0 Å². The molecule has 1 N–H and O–H groups in total. The molecule has 1 aliphatic heterocycles. The Morgan fingerprint density at radius 1 is 1.33 bits per heavy atom. The molecule has 0 amide bonds. The van der Waals surface area contributed by atoms with Crippen molar-refractivity contribution in [2.75, 3.05) is 25.0 Å². The number of anilines is 1. The van der Waals surface area contributed by atoms with Gasteiger partial charge in [-0.25, -0.2) is 8.78 Å². The van der Waals surface area contributed by atoms with Crippen LogP contribution < -0.4 is 5.32 Å². The van der Waals surface area contributed by atoms with E-state index < -0.39 is 11.6 Å². The van der Waals surface area contributed by atoms with Gasteiger partial charge in [-0.15, -0.1) is 0 Å². The summed E-state index contributed by atoms with van der Waals surface area (Å²) in [6.45, 7) is 5.16. The highest BCUT2D eigenvalue weighted by atomic mass is 35.5. The van der Waals surface area contributed by atoms with Crippen molar-refractivity contribution in [1.29, 1.82) is 0 Å². The first-order chi connectivity index (χ1) is 8.60. The fourth-order valence-corrected chi connectivity index (χ4v) is 2.53. The number of piperidine rings is 1. The minimum absolute atomic E-state index is 0.102.